The Morgan fingerprint density at radius 2 is 2.10 bits per heavy atom. The summed E-state index contributed by atoms with van der Waals surface area (Å²) in [5, 5.41) is 11.7. The van der Waals surface area contributed by atoms with Gasteiger partial charge in [0, 0.05) is 28.9 Å². The fourth-order valence-electron chi connectivity index (χ4n) is 2.93. The fraction of sp³-hybridized carbons (Fsp3) is 0.200. The molecule has 0 saturated heterocycles. The Labute approximate surface area is 170 Å². The lowest BCUT2D eigenvalue weighted by Gasteiger charge is -2.03. The Morgan fingerprint density at radius 3 is 2.83 bits per heavy atom. The van der Waals surface area contributed by atoms with E-state index in [-0.39, 0.29) is 6.61 Å². The van der Waals surface area contributed by atoms with Crippen LogP contribution < -0.4 is 0 Å². The molecule has 0 N–H and O–H groups in total. The molecule has 0 radical (unpaired) electrons. The molecule has 0 saturated carbocycles. The van der Waals surface area contributed by atoms with E-state index in [1.807, 2.05) is 54.3 Å². The molecule has 0 fully saturated rings. The van der Waals surface area contributed by atoms with Crippen LogP contribution in [0.5, 0.6) is 0 Å². The second-order valence-corrected chi connectivity index (χ2v) is 7.21. The Bertz CT molecular complexity index is 1170. The van der Waals surface area contributed by atoms with E-state index in [2.05, 4.69) is 15.3 Å². The fourth-order valence-corrected chi connectivity index (χ4v) is 3.55. The first-order valence-electron chi connectivity index (χ1n) is 8.84. The van der Waals surface area contributed by atoms with Crippen molar-refractivity contribution >= 4 is 23.4 Å². The number of carbonyl (C=O) groups is 1. The van der Waals surface area contributed by atoms with E-state index in [1.165, 1.54) is 17.4 Å². The van der Waals surface area contributed by atoms with Gasteiger partial charge in [0.05, 0.1) is 5.56 Å². The average Bonchev–Trinajstić information content (AvgIpc) is 3.46. The summed E-state index contributed by atoms with van der Waals surface area (Å²) in [5.74, 6) is 1.67. The van der Waals surface area contributed by atoms with Gasteiger partial charge >= 0.3 is 5.97 Å². The molecule has 0 bridgehead atoms. The minimum absolute atomic E-state index is 0.0615. The lowest BCUT2D eigenvalue weighted by atomic mass is 10.2. The molecule has 0 atom stereocenters. The summed E-state index contributed by atoms with van der Waals surface area (Å²) in [6, 6.07) is 5.71. The maximum absolute atomic E-state index is 12.1. The molecule has 0 amide bonds. The van der Waals surface area contributed by atoms with Crippen LogP contribution in [-0.4, -0.2) is 25.8 Å². The van der Waals surface area contributed by atoms with Gasteiger partial charge in [-0.1, -0.05) is 10.3 Å². The molecule has 148 valence electrons. The number of ether oxygens (including phenoxy) is 1. The van der Waals surface area contributed by atoms with Crippen molar-refractivity contribution in [2.45, 2.75) is 27.4 Å². The van der Waals surface area contributed by atoms with Crippen LogP contribution in [-0.2, 0) is 16.1 Å². The Balaban J connectivity index is 1.40. The van der Waals surface area contributed by atoms with Crippen molar-refractivity contribution in [1.29, 1.82) is 0 Å². The van der Waals surface area contributed by atoms with Gasteiger partial charge in [-0.15, -0.1) is 0 Å². The van der Waals surface area contributed by atoms with Crippen LogP contribution in [0.3, 0.4) is 0 Å². The van der Waals surface area contributed by atoms with Gasteiger partial charge < -0.3 is 13.8 Å². The maximum Gasteiger partial charge on any atom is 0.331 e. The molecule has 4 heterocycles. The normalized spacial score (nSPS) is 11.4. The van der Waals surface area contributed by atoms with Gasteiger partial charge in [0.15, 0.2) is 12.4 Å². The smallest absolute Gasteiger partial charge is 0.331 e. The molecular weight excluding hydrogens is 392 g/mol. The average molecular weight is 410 g/mol. The summed E-state index contributed by atoms with van der Waals surface area (Å²) in [5.41, 5.74) is 3.66. The van der Waals surface area contributed by atoms with Gasteiger partial charge in [0.1, 0.15) is 5.76 Å². The number of aromatic nitrogens is 4. The van der Waals surface area contributed by atoms with Gasteiger partial charge in [0.25, 0.3) is 5.89 Å². The molecule has 9 heteroatoms. The van der Waals surface area contributed by atoms with Crippen LogP contribution in [0.4, 0.5) is 0 Å². The minimum atomic E-state index is -0.492. The molecule has 0 aliphatic carbocycles. The van der Waals surface area contributed by atoms with Crippen molar-refractivity contribution in [3.63, 3.8) is 0 Å². The SMILES string of the molecule is Cc1cc(-n2c(C)cc(/C=C/C(=O)OCc3noc(-c4ccsc4)n3)c2C)no1. The summed E-state index contributed by atoms with van der Waals surface area (Å²) in [7, 11) is 0. The van der Waals surface area contributed by atoms with Gasteiger partial charge in [-0.3, -0.25) is 4.57 Å². The topological polar surface area (TPSA) is 96.2 Å². The predicted molar refractivity (Wildman–Crippen MR) is 106 cm³/mol. The second kappa shape index (κ2) is 7.88. The highest BCUT2D eigenvalue weighted by molar-refractivity contribution is 7.08. The number of thiophene rings is 1. The molecular formula is C20H18N4O4S. The minimum Gasteiger partial charge on any atom is -0.454 e. The molecule has 0 aliphatic heterocycles. The highest BCUT2D eigenvalue weighted by Gasteiger charge is 2.13. The summed E-state index contributed by atoms with van der Waals surface area (Å²) in [4.78, 5) is 16.3. The monoisotopic (exact) mass is 410 g/mol. The summed E-state index contributed by atoms with van der Waals surface area (Å²) >= 11 is 1.54. The van der Waals surface area contributed by atoms with Crippen LogP contribution in [0.15, 0.2) is 44.1 Å². The summed E-state index contributed by atoms with van der Waals surface area (Å²) in [6.45, 7) is 5.70. The zero-order chi connectivity index (χ0) is 20.4. The molecule has 0 unspecified atom stereocenters. The highest BCUT2D eigenvalue weighted by Crippen LogP contribution is 2.22. The Hall–Kier alpha value is -3.46. The largest absolute Gasteiger partial charge is 0.454 e. The number of hydrogen-bond acceptors (Lipinski definition) is 8. The molecule has 4 aromatic heterocycles. The van der Waals surface area contributed by atoms with Crippen molar-refractivity contribution in [3.05, 3.63) is 63.6 Å². The third kappa shape index (κ3) is 4.04. The quantitative estimate of drug-likeness (QED) is 0.346. The zero-order valence-corrected chi connectivity index (χ0v) is 16.9. The van der Waals surface area contributed by atoms with Gasteiger partial charge in [-0.2, -0.15) is 16.3 Å². The van der Waals surface area contributed by atoms with Gasteiger partial charge in [-0.25, -0.2) is 4.79 Å². The van der Waals surface area contributed by atoms with Crippen LogP contribution in [0.2, 0.25) is 0 Å². The molecule has 0 aromatic carbocycles. The van der Waals surface area contributed by atoms with E-state index >= 15 is 0 Å². The number of carbonyl (C=O) groups excluding carboxylic acids is 1. The number of aryl methyl sites for hydroxylation is 2. The number of hydrogen-bond donors (Lipinski definition) is 0. The molecule has 4 rings (SSSR count). The van der Waals surface area contributed by atoms with Crippen LogP contribution >= 0.6 is 11.3 Å². The van der Waals surface area contributed by atoms with E-state index in [1.54, 1.807) is 6.08 Å². The first-order valence-corrected chi connectivity index (χ1v) is 9.78. The lowest BCUT2D eigenvalue weighted by Crippen LogP contribution is -2.02. The van der Waals surface area contributed by atoms with E-state index in [9.17, 15) is 4.79 Å². The standard InChI is InChI=1S/C20H18N4O4S/c1-12-8-15(14(3)24(12)18-9-13(2)27-23-18)4-5-19(25)26-10-17-21-20(28-22-17)16-6-7-29-11-16/h4-9,11H,10H2,1-3H3/b5-4+. The second-order valence-electron chi connectivity index (χ2n) is 6.43. The molecule has 0 spiro atoms. The van der Waals surface area contributed by atoms with E-state index < -0.39 is 5.97 Å². The van der Waals surface area contributed by atoms with E-state index in [0.717, 1.165) is 28.3 Å². The third-order valence-electron chi connectivity index (χ3n) is 4.29. The molecule has 29 heavy (non-hydrogen) atoms. The number of rotatable bonds is 6. The predicted octanol–water partition coefficient (Wildman–Crippen LogP) is 4.26. The van der Waals surface area contributed by atoms with Crippen molar-refractivity contribution in [2.75, 3.05) is 0 Å². The maximum atomic E-state index is 12.1. The van der Waals surface area contributed by atoms with Crippen LogP contribution in [0.25, 0.3) is 23.3 Å². The Kier molecular flexibility index (Phi) is 5.13. The van der Waals surface area contributed by atoms with Crippen molar-refractivity contribution in [3.8, 4) is 17.3 Å². The Morgan fingerprint density at radius 1 is 1.24 bits per heavy atom. The lowest BCUT2D eigenvalue weighted by molar-refractivity contribution is -0.139. The highest BCUT2D eigenvalue weighted by atomic mass is 32.1. The van der Waals surface area contributed by atoms with Gasteiger partial charge in [0.2, 0.25) is 5.82 Å². The van der Waals surface area contributed by atoms with Crippen LogP contribution in [0.1, 0.15) is 28.5 Å². The first-order chi connectivity index (χ1) is 14.0. The summed E-state index contributed by atoms with van der Waals surface area (Å²) in [6.07, 6.45) is 3.08. The van der Waals surface area contributed by atoms with Gasteiger partial charge in [-0.05, 0) is 49.9 Å². The molecule has 4 aromatic rings. The number of esters is 1. The van der Waals surface area contributed by atoms with E-state index in [0.29, 0.717) is 17.5 Å². The molecule has 0 aliphatic rings. The molecule has 8 nitrogen and oxygen atoms in total. The van der Waals surface area contributed by atoms with E-state index in [4.69, 9.17) is 13.8 Å². The van der Waals surface area contributed by atoms with Crippen molar-refractivity contribution in [2.24, 2.45) is 0 Å². The third-order valence-corrected chi connectivity index (χ3v) is 4.98. The first kappa shape index (κ1) is 18.9. The van der Waals surface area contributed by atoms with Crippen molar-refractivity contribution in [1.82, 2.24) is 19.9 Å². The van der Waals surface area contributed by atoms with Crippen molar-refractivity contribution < 1.29 is 18.6 Å². The number of nitrogens with zero attached hydrogens (tertiary/aromatic N) is 4. The zero-order valence-electron chi connectivity index (χ0n) is 16.1. The summed E-state index contributed by atoms with van der Waals surface area (Å²) < 4.78 is 17.5. The van der Waals surface area contributed by atoms with Crippen LogP contribution in [0, 0.1) is 20.8 Å².